The Balaban J connectivity index is 1.58. The highest BCUT2D eigenvalue weighted by molar-refractivity contribution is 5.33. The van der Waals surface area contributed by atoms with E-state index in [2.05, 4.69) is 56.7 Å². The Labute approximate surface area is 154 Å². The fourth-order valence-corrected chi connectivity index (χ4v) is 3.87. The van der Waals surface area contributed by atoms with Crippen LogP contribution in [0.15, 0.2) is 55.1 Å². The summed E-state index contributed by atoms with van der Waals surface area (Å²) >= 11 is 0. The van der Waals surface area contributed by atoms with Crippen molar-refractivity contribution in [1.29, 1.82) is 0 Å². The molecule has 0 N–H and O–H groups in total. The van der Waals surface area contributed by atoms with Gasteiger partial charge in [0.15, 0.2) is 5.82 Å². The van der Waals surface area contributed by atoms with Crippen LogP contribution in [-0.2, 0) is 13.0 Å². The van der Waals surface area contributed by atoms with Gasteiger partial charge in [0, 0.05) is 50.2 Å². The van der Waals surface area contributed by atoms with Crippen molar-refractivity contribution in [2.75, 3.05) is 13.1 Å². The van der Waals surface area contributed by atoms with Gasteiger partial charge >= 0.3 is 0 Å². The van der Waals surface area contributed by atoms with Crippen LogP contribution in [0, 0.1) is 0 Å². The fourth-order valence-electron chi connectivity index (χ4n) is 3.87. The van der Waals surface area contributed by atoms with Crippen molar-refractivity contribution in [3.05, 3.63) is 72.2 Å². The highest BCUT2D eigenvalue weighted by Gasteiger charge is 2.26. The first-order valence-electron chi connectivity index (χ1n) is 9.45. The van der Waals surface area contributed by atoms with E-state index >= 15 is 0 Å². The predicted molar refractivity (Wildman–Crippen MR) is 102 cm³/mol. The summed E-state index contributed by atoms with van der Waals surface area (Å²) in [5, 5.41) is 0. The minimum absolute atomic E-state index is 0.406. The van der Waals surface area contributed by atoms with Gasteiger partial charge in [-0.3, -0.25) is 14.5 Å². The maximum absolute atomic E-state index is 4.74. The molecule has 0 radical (unpaired) electrons. The number of benzene rings is 1. The molecule has 1 atom stereocenters. The molecule has 1 aromatic carbocycles. The number of rotatable bonds is 5. The first-order valence-corrected chi connectivity index (χ1v) is 9.45. The maximum atomic E-state index is 4.74. The van der Waals surface area contributed by atoms with Crippen LogP contribution in [0.5, 0.6) is 0 Å². The summed E-state index contributed by atoms with van der Waals surface area (Å²) in [6.45, 7) is 5.29. The molecule has 0 amide bonds. The van der Waals surface area contributed by atoms with Crippen LogP contribution in [0.3, 0.4) is 0 Å². The Hall–Kier alpha value is -2.53. The number of aromatic nitrogens is 4. The smallest absolute Gasteiger partial charge is 0.160 e. The summed E-state index contributed by atoms with van der Waals surface area (Å²) in [6.07, 6.45) is 10.7. The fraction of sp³-hybridized carbons (Fsp3) is 0.381. The third-order valence-corrected chi connectivity index (χ3v) is 5.11. The van der Waals surface area contributed by atoms with E-state index in [1.807, 2.05) is 18.6 Å². The van der Waals surface area contributed by atoms with Crippen LogP contribution in [0.25, 0.3) is 5.82 Å². The second kappa shape index (κ2) is 7.79. The first kappa shape index (κ1) is 16.9. The van der Waals surface area contributed by atoms with Crippen LogP contribution in [0.2, 0.25) is 0 Å². The number of piperidine rings is 1. The molecule has 26 heavy (non-hydrogen) atoms. The second-order valence-corrected chi connectivity index (χ2v) is 6.89. The molecular weight excluding hydrogens is 322 g/mol. The van der Waals surface area contributed by atoms with E-state index in [9.17, 15) is 0 Å². The predicted octanol–water partition coefficient (Wildman–Crippen LogP) is 3.60. The number of aryl methyl sites for hydroxylation is 1. The van der Waals surface area contributed by atoms with E-state index in [1.165, 1.54) is 12.0 Å². The monoisotopic (exact) mass is 347 g/mol. The van der Waals surface area contributed by atoms with Gasteiger partial charge in [-0.1, -0.05) is 37.3 Å². The zero-order chi connectivity index (χ0) is 17.8. The first-order chi connectivity index (χ1) is 12.8. The molecular formula is C21H25N5. The Morgan fingerprint density at radius 2 is 1.88 bits per heavy atom. The van der Waals surface area contributed by atoms with Gasteiger partial charge in [0.2, 0.25) is 0 Å². The van der Waals surface area contributed by atoms with Gasteiger partial charge in [0.25, 0.3) is 0 Å². The lowest BCUT2D eigenvalue weighted by Gasteiger charge is -2.33. The number of hydrogen-bond donors (Lipinski definition) is 0. The van der Waals surface area contributed by atoms with Gasteiger partial charge in [-0.25, -0.2) is 9.97 Å². The lowest BCUT2D eigenvalue weighted by Crippen LogP contribution is -2.34. The minimum atomic E-state index is 0.406. The molecule has 1 aliphatic heterocycles. The summed E-state index contributed by atoms with van der Waals surface area (Å²) in [5.41, 5.74) is 2.47. The van der Waals surface area contributed by atoms with Crippen LogP contribution in [-0.4, -0.2) is 37.5 Å². The van der Waals surface area contributed by atoms with E-state index in [1.54, 1.807) is 6.20 Å². The van der Waals surface area contributed by atoms with Crippen molar-refractivity contribution in [3.8, 4) is 5.82 Å². The Morgan fingerprint density at radius 1 is 1.04 bits per heavy atom. The van der Waals surface area contributed by atoms with Crippen LogP contribution >= 0.6 is 0 Å². The van der Waals surface area contributed by atoms with E-state index in [-0.39, 0.29) is 0 Å². The largest absolute Gasteiger partial charge is 0.298 e. The number of likely N-dealkylation sites (tertiary alicyclic amines) is 1. The molecule has 1 fully saturated rings. The molecule has 0 spiro atoms. The molecule has 2 aromatic heterocycles. The summed E-state index contributed by atoms with van der Waals surface area (Å²) in [4.78, 5) is 16.4. The Bertz CT molecular complexity index is 842. The quantitative estimate of drug-likeness (QED) is 0.707. The summed E-state index contributed by atoms with van der Waals surface area (Å²) in [7, 11) is 0. The van der Waals surface area contributed by atoms with Gasteiger partial charge in [0.05, 0.1) is 5.69 Å². The third-order valence-electron chi connectivity index (χ3n) is 5.11. The molecule has 1 saturated heterocycles. The Kier molecular flexibility index (Phi) is 5.07. The molecule has 3 aromatic rings. The number of nitrogens with zero attached hydrogens (tertiary/aromatic N) is 5. The molecule has 5 nitrogen and oxygen atoms in total. The molecule has 1 aliphatic rings. The number of hydrogen-bond acceptors (Lipinski definition) is 4. The molecule has 4 rings (SSSR count). The molecule has 0 bridgehead atoms. The van der Waals surface area contributed by atoms with Crippen molar-refractivity contribution < 1.29 is 0 Å². The summed E-state index contributed by atoms with van der Waals surface area (Å²) in [6, 6.07) is 10.7. The zero-order valence-electron chi connectivity index (χ0n) is 15.3. The highest BCUT2D eigenvalue weighted by Crippen LogP contribution is 2.29. The van der Waals surface area contributed by atoms with Crippen molar-refractivity contribution in [2.45, 2.75) is 38.6 Å². The lowest BCUT2D eigenvalue weighted by atomic mass is 9.94. The van der Waals surface area contributed by atoms with E-state index < -0.39 is 0 Å². The SMILES string of the molecule is CCc1nccn1-c1nccnc1[C@@H]1CCCN(Cc2ccccc2)C1. The average Bonchev–Trinajstić information content (AvgIpc) is 3.18. The molecule has 0 saturated carbocycles. The van der Waals surface area contributed by atoms with E-state index in [0.717, 1.165) is 49.8 Å². The molecule has 0 aliphatic carbocycles. The van der Waals surface area contributed by atoms with Crippen molar-refractivity contribution >= 4 is 0 Å². The van der Waals surface area contributed by atoms with E-state index in [0.29, 0.717) is 5.92 Å². The van der Waals surface area contributed by atoms with Gasteiger partial charge < -0.3 is 0 Å². The van der Waals surface area contributed by atoms with Gasteiger partial charge in [-0.2, -0.15) is 0 Å². The van der Waals surface area contributed by atoms with Crippen molar-refractivity contribution in [1.82, 2.24) is 24.4 Å². The van der Waals surface area contributed by atoms with Crippen LogP contribution < -0.4 is 0 Å². The second-order valence-electron chi connectivity index (χ2n) is 6.89. The lowest BCUT2D eigenvalue weighted by molar-refractivity contribution is 0.198. The minimum Gasteiger partial charge on any atom is -0.298 e. The maximum Gasteiger partial charge on any atom is 0.160 e. The topological polar surface area (TPSA) is 46.8 Å². The molecule has 134 valence electrons. The molecule has 5 heteroatoms. The standard InChI is InChI=1S/C21H25N5/c1-2-19-22-12-14-26(19)21-20(23-10-11-24-21)18-9-6-13-25(16-18)15-17-7-4-3-5-8-17/h3-5,7-8,10-12,14,18H,2,6,9,13,15-16H2,1H3/t18-/m1/s1. The number of imidazole rings is 1. The van der Waals surface area contributed by atoms with Gasteiger partial charge in [-0.15, -0.1) is 0 Å². The summed E-state index contributed by atoms with van der Waals surface area (Å²) < 4.78 is 2.10. The van der Waals surface area contributed by atoms with Crippen molar-refractivity contribution in [2.24, 2.45) is 0 Å². The average molecular weight is 347 g/mol. The van der Waals surface area contributed by atoms with Gasteiger partial charge in [-0.05, 0) is 24.9 Å². The van der Waals surface area contributed by atoms with Gasteiger partial charge in [0.1, 0.15) is 5.82 Å². The normalized spacial score (nSPS) is 18.1. The third kappa shape index (κ3) is 3.53. The van der Waals surface area contributed by atoms with E-state index in [4.69, 9.17) is 4.98 Å². The molecule has 0 unspecified atom stereocenters. The van der Waals surface area contributed by atoms with Crippen LogP contribution in [0.4, 0.5) is 0 Å². The zero-order valence-corrected chi connectivity index (χ0v) is 15.3. The molecule has 3 heterocycles. The highest BCUT2D eigenvalue weighted by atomic mass is 15.2. The Morgan fingerprint density at radius 3 is 2.73 bits per heavy atom. The van der Waals surface area contributed by atoms with Crippen molar-refractivity contribution in [3.63, 3.8) is 0 Å². The van der Waals surface area contributed by atoms with Crippen LogP contribution in [0.1, 0.15) is 42.8 Å². The summed E-state index contributed by atoms with van der Waals surface area (Å²) in [5.74, 6) is 2.38.